The Bertz CT molecular complexity index is 524. The number of nitrogens with one attached hydrogen (secondary N) is 1. The first kappa shape index (κ1) is 12.0. The Morgan fingerprint density at radius 2 is 2.06 bits per heavy atom. The first-order valence-electron chi connectivity index (χ1n) is 5.34. The van der Waals surface area contributed by atoms with Gasteiger partial charge in [0.2, 0.25) is 0 Å². The normalized spacial score (nSPS) is 12.5. The molecule has 1 atom stereocenters. The molecule has 0 saturated carbocycles. The standard InChI is InChI=1S/C13H13ClFNO/c1-8-3-6-13(17-8)9(2)16-10-4-5-12(15)11(14)7-10/h3-7,9,16H,1-2H3. The molecule has 2 nitrogen and oxygen atoms in total. The van der Waals surface area contributed by atoms with Gasteiger partial charge in [-0.05, 0) is 44.2 Å². The van der Waals surface area contributed by atoms with E-state index in [0.29, 0.717) is 0 Å². The molecule has 1 aromatic heterocycles. The van der Waals surface area contributed by atoms with Gasteiger partial charge in [0.15, 0.2) is 0 Å². The molecular weight excluding hydrogens is 241 g/mol. The fraction of sp³-hybridized carbons (Fsp3) is 0.231. The van der Waals surface area contributed by atoms with Crippen LogP contribution in [0.3, 0.4) is 0 Å². The first-order valence-corrected chi connectivity index (χ1v) is 5.72. The van der Waals surface area contributed by atoms with Gasteiger partial charge in [0.25, 0.3) is 0 Å². The molecule has 2 rings (SSSR count). The van der Waals surface area contributed by atoms with Crippen LogP contribution in [-0.4, -0.2) is 0 Å². The Labute approximate surface area is 104 Å². The Balaban J connectivity index is 2.12. The third-order valence-corrected chi connectivity index (χ3v) is 2.78. The largest absolute Gasteiger partial charge is 0.464 e. The summed E-state index contributed by atoms with van der Waals surface area (Å²) in [6.07, 6.45) is 0. The molecule has 0 fully saturated rings. The highest BCUT2D eigenvalue weighted by Gasteiger charge is 2.10. The lowest BCUT2D eigenvalue weighted by molar-refractivity contribution is 0.467. The number of anilines is 1. The van der Waals surface area contributed by atoms with E-state index in [1.54, 1.807) is 12.1 Å². The van der Waals surface area contributed by atoms with Crippen molar-refractivity contribution >= 4 is 17.3 Å². The highest BCUT2D eigenvalue weighted by Crippen LogP contribution is 2.24. The van der Waals surface area contributed by atoms with E-state index in [-0.39, 0.29) is 11.1 Å². The van der Waals surface area contributed by atoms with E-state index in [0.717, 1.165) is 17.2 Å². The van der Waals surface area contributed by atoms with Gasteiger partial charge in [0.05, 0.1) is 11.1 Å². The number of benzene rings is 1. The third-order valence-electron chi connectivity index (χ3n) is 2.49. The SMILES string of the molecule is Cc1ccc(C(C)Nc2ccc(F)c(Cl)c2)o1. The summed E-state index contributed by atoms with van der Waals surface area (Å²) in [5, 5.41) is 3.30. The van der Waals surface area contributed by atoms with Crippen LogP contribution in [0.2, 0.25) is 5.02 Å². The molecular formula is C13H13ClFNO. The van der Waals surface area contributed by atoms with E-state index in [2.05, 4.69) is 5.32 Å². The zero-order valence-corrected chi connectivity index (χ0v) is 10.4. The number of halogens is 2. The van der Waals surface area contributed by atoms with Crippen molar-refractivity contribution in [3.63, 3.8) is 0 Å². The fourth-order valence-electron chi connectivity index (χ4n) is 1.59. The maximum Gasteiger partial charge on any atom is 0.141 e. The van der Waals surface area contributed by atoms with Gasteiger partial charge in [-0.3, -0.25) is 0 Å². The lowest BCUT2D eigenvalue weighted by Crippen LogP contribution is -2.05. The van der Waals surface area contributed by atoms with Gasteiger partial charge in [0, 0.05) is 5.69 Å². The van der Waals surface area contributed by atoms with Crippen LogP contribution in [-0.2, 0) is 0 Å². The summed E-state index contributed by atoms with van der Waals surface area (Å²) < 4.78 is 18.5. The van der Waals surface area contributed by atoms with Crippen LogP contribution in [0.15, 0.2) is 34.7 Å². The van der Waals surface area contributed by atoms with E-state index >= 15 is 0 Å². The van der Waals surface area contributed by atoms with Gasteiger partial charge in [-0.25, -0.2) is 4.39 Å². The highest BCUT2D eigenvalue weighted by molar-refractivity contribution is 6.31. The second-order valence-electron chi connectivity index (χ2n) is 3.94. The number of rotatable bonds is 3. The molecule has 0 amide bonds. The summed E-state index contributed by atoms with van der Waals surface area (Å²) >= 11 is 5.71. The van der Waals surface area contributed by atoms with Crippen LogP contribution >= 0.6 is 11.6 Å². The molecule has 0 aliphatic rings. The molecule has 4 heteroatoms. The van der Waals surface area contributed by atoms with Crippen molar-refractivity contribution in [1.29, 1.82) is 0 Å². The minimum Gasteiger partial charge on any atom is -0.464 e. The van der Waals surface area contributed by atoms with Gasteiger partial charge in [0.1, 0.15) is 17.3 Å². The predicted octanol–water partition coefficient (Wildman–Crippen LogP) is 4.55. The molecule has 1 heterocycles. The van der Waals surface area contributed by atoms with Crippen molar-refractivity contribution in [3.05, 3.63) is 52.7 Å². The minimum atomic E-state index is -0.418. The molecule has 0 spiro atoms. The first-order chi connectivity index (χ1) is 8.06. The van der Waals surface area contributed by atoms with E-state index in [9.17, 15) is 4.39 Å². The highest BCUT2D eigenvalue weighted by atomic mass is 35.5. The molecule has 0 aliphatic heterocycles. The Morgan fingerprint density at radius 3 is 2.65 bits per heavy atom. The quantitative estimate of drug-likeness (QED) is 0.868. The average molecular weight is 254 g/mol. The van der Waals surface area contributed by atoms with Crippen molar-refractivity contribution < 1.29 is 8.81 Å². The van der Waals surface area contributed by atoms with Gasteiger partial charge < -0.3 is 9.73 Å². The van der Waals surface area contributed by atoms with Crippen molar-refractivity contribution in [2.24, 2.45) is 0 Å². The second-order valence-corrected chi connectivity index (χ2v) is 4.35. The van der Waals surface area contributed by atoms with Gasteiger partial charge in [-0.1, -0.05) is 11.6 Å². The molecule has 0 saturated heterocycles. The van der Waals surface area contributed by atoms with Crippen molar-refractivity contribution in [2.75, 3.05) is 5.32 Å². The van der Waals surface area contributed by atoms with Gasteiger partial charge in [-0.2, -0.15) is 0 Å². The Hall–Kier alpha value is -1.48. The molecule has 17 heavy (non-hydrogen) atoms. The molecule has 1 N–H and O–H groups in total. The van der Waals surface area contributed by atoms with Crippen molar-refractivity contribution in [1.82, 2.24) is 0 Å². The van der Waals surface area contributed by atoms with E-state index in [1.807, 2.05) is 26.0 Å². The average Bonchev–Trinajstić information content (AvgIpc) is 2.70. The molecule has 90 valence electrons. The van der Waals surface area contributed by atoms with Crippen LogP contribution in [0.25, 0.3) is 0 Å². The number of furan rings is 1. The summed E-state index contributed by atoms with van der Waals surface area (Å²) in [6, 6.07) is 8.37. The summed E-state index contributed by atoms with van der Waals surface area (Å²) in [5.41, 5.74) is 0.762. The van der Waals surface area contributed by atoms with Crippen LogP contribution < -0.4 is 5.32 Å². The fourth-order valence-corrected chi connectivity index (χ4v) is 1.77. The van der Waals surface area contributed by atoms with Crippen molar-refractivity contribution in [2.45, 2.75) is 19.9 Å². The number of hydrogen-bond acceptors (Lipinski definition) is 2. The van der Waals surface area contributed by atoms with Crippen molar-refractivity contribution in [3.8, 4) is 0 Å². The maximum absolute atomic E-state index is 13.0. The summed E-state index contributed by atoms with van der Waals surface area (Å²) in [4.78, 5) is 0. The second kappa shape index (κ2) is 4.80. The molecule has 1 unspecified atom stereocenters. The summed E-state index contributed by atoms with van der Waals surface area (Å²) in [7, 11) is 0. The van der Waals surface area contributed by atoms with E-state index in [4.69, 9.17) is 16.0 Å². The number of aryl methyl sites for hydroxylation is 1. The van der Waals surface area contributed by atoms with E-state index in [1.165, 1.54) is 6.07 Å². The van der Waals surface area contributed by atoms with Crippen LogP contribution in [0.1, 0.15) is 24.5 Å². The Morgan fingerprint density at radius 1 is 1.29 bits per heavy atom. The topological polar surface area (TPSA) is 25.2 Å². The molecule has 2 aromatic rings. The van der Waals surface area contributed by atoms with Crippen LogP contribution in [0.4, 0.5) is 10.1 Å². The maximum atomic E-state index is 13.0. The zero-order chi connectivity index (χ0) is 12.4. The summed E-state index contributed by atoms with van der Waals surface area (Å²) in [6.45, 7) is 3.86. The summed E-state index contributed by atoms with van der Waals surface area (Å²) in [5.74, 6) is 1.28. The number of hydrogen-bond donors (Lipinski definition) is 1. The van der Waals surface area contributed by atoms with Crippen LogP contribution in [0, 0.1) is 12.7 Å². The Kier molecular flexibility index (Phi) is 3.38. The monoisotopic (exact) mass is 253 g/mol. The molecule has 0 aliphatic carbocycles. The minimum absolute atomic E-state index is 0.00484. The van der Waals surface area contributed by atoms with E-state index < -0.39 is 5.82 Å². The molecule has 1 aromatic carbocycles. The van der Waals surface area contributed by atoms with Gasteiger partial charge >= 0.3 is 0 Å². The molecule has 0 bridgehead atoms. The predicted molar refractivity (Wildman–Crippen MR) is 66.9 cm³/mol. The van der Waals surface area contributed by atoms with Gasteiger partial charge in [-0.15, -0.1) is 0 Å². The van der Waals surface area contributed by atoms with Crippen LogP contribution in [0.5, 0.6) is 0 Å². The third kappa shape index (κ3) is 2.80. The lowest BCUT2D eigenvalue weighted by atomic mass is 10.2. The zero-order valence-electron chi connectivity index (χ0n) is 9.63. The molecule has 0 radical (unpaired) electrons. The lowest BCUT2D eigenvalue weighted by Gasteiger charge is -2.13. The smallest absolute Gasteiger partial charge is 0.141 e.